The number of halogens is 1. The van der Waals surface area contributed by atoms with E-state index in [4.69, 9.17) is 0 Å². The summed E-state index contributed by atoms with van der Waals surface area (Å²) in [5, 5.41) is 2.95. The average molecular weight is 249 g/mol. The third kappa shape index (κ3) is 3.09. The van der Waals surface area contributed by atoms with Crippen molar-refractivity contribution in [2.45, 2.75) is 33.1 Å². The summed E-state index contributed by atoms with van der Waals surface area (Å²) in [7, 11) is 0. The lowest BCUT2D eigenvalue weighted by Gasteiger charge is -2.11. The molecule has 0 aliphatic heterocycles. The molecule has 0 spiro atoms. The van der Waals surface area contributed by atoms with Crippen molar-refractivity contribution in [2.75, 3.05) is 6.54 Å². The Balaban J connectivity index is 1.89. The van der Waals surface area contributed by atoms with E-state index in [9.17, 15) is 9.18 Å². The molecule has 1 amide bonds. The van der Waals surface area contributed by atoms with Crippen LogP contribution in [-0.2, 0) is 0 Å². The van der Waals surface area contributed by atoms with E-state index >= 15 is 0 Å². The predicted octanol–water partition coefficient (Wildman–Crippen LogP) is 3.30. The second-order valence-corrected chi connectivity index (χ2v) is 5.46. The number of amides is 1. The SMILES string of the molecule is Cc1cc(C(=O)NCC2CCC(C)C2)ccc1F. The summed E-state index contributed by atoms with van der Waals surface area (Å²) < 4.78 is 13.1. The summed E-state index contributed by atoms with van der Waals surface area (Å²) in [5.41, 5.74) is 1.05. The van der Waals surface area contributed by atoms with E-state index in [0.29, 0.717) is 17.0 Å². The number of benzene rings is 1. The van der Waals surface area contributed by atoms with E-state index in [1.54, 1.807) is 13.0 Å². The summed E-state index contributed by atoms with van der Waals surface area (Å²) in [4.78, 5) is 11.9. The van der Waals surface area contributed by atoms with Gasteiger partial charge in [-0.25, -0.2) is 4.39 Å². The Morgan fingerprint density at radius 2 is 2.22 bits per heavy atom. The summed E-state index contributed by atoms with van der Waals surface area (Å²) in [6.07, 6.45) is 3.66. The Bertz CT molecular complexity index is 444. The van der Waals surface area contributed by atoms with E-state index < -0.39 is 0 Å². The number of aryl methyl sites for hydroxylation is 1. The van der Waals surface area contributed by atoms with Crippen LogP contribution in [0.15, 0.2) is 18.2 Å². The molecular formula is C15H20FNO. The van der Waals surface area contributed by atoms with Gasteiger partial charge in [-0.05, 0) is 55.4 Å². The zero-order valence-electron chi connectivity index (χ0n) is 11.0. The molecule has 1 aliphatic rings. The van der Waals surface area contributed by atoms with E-state index in [1.807, 2.05) is 0 Å². The molecule has 1 aliphatic carbocycles. The van der Waals surface area contributed by atoms with Crippen LogP contribution >= 0.6 is 0 Å². The van der Waals surface area contributed by atoms with Crippen LogP contribution in [0.25, 0.3) is 0 Å². The molecule has 2 nitrogen and oxygen atoms in total. The molecule has 0 saturated heterocycles. The first-order valence-corrected chi connectivity index (χ1v) is 6.60. The summed E-state index contributed by atoms with van der Waals surface area (Å²) in [6, 6.07) is 4.48. The molecule has 2 unspecified atom stereocenters. The summed E-state index contributed by atoms with van der Waals surface area (Å²) in [6.45, 7) is 4.66. The lowest BCUT2D eigenvalue weighted by molar-refractivity contribution is 0.0947. The molecule has 18 heavy (non-hydrogen) atoms. The molecule has 1 aromatic rings. The first-order chi connectivity index (χ1) is 8.56. The molecular weight excluding hydrogens is 229 g/mol. The standard InChI is InChI=1S/C15H20FNO/c1-10-3-4-12(7-10)9-17-15(18)13-5-6-14(16)11(2)8-13/h5-6,8,10,12H,3-4,7,9H2,1-2H3,(H,17,18). The third-order valence-electron chi connectivity index (χ3n) is 3.77. The van der Waals surface area contributed by atoms with Crippen LogP contribution in [0.4, 0.5) is 4.39 Å². The van der Waals surface area contributed by atoms with Gasteiger partial charge in [-0.2, -0.15) is 0 Å². The maximum absolute atomic E-state index is 13.1. The maximum Gasteiger partial charge on any atom is 0.251 e. The van der Waals surface area contributed by atoms with Crippen LogP contribution in [0.5, 0.6) is 0 Å². The molecule has 0 heterocycles. The van der Waals surface area contributed by atoms with Crippen molar-refractivity contribution in [3.05, 3.63) is 35.1 Å². The normalized spacial score (nSPS) is 23.1. The highest BCUT2D eigenvalue weighted by atomic mass is 19.1. The summed E-state index contributed by atoms with van der Waals surface area (Å²) >= 11 is 0. The number of rotatable bonds is 3. The molecule has 2 atom stereocenters. The highest BCUT2D eigenvalue weighted by Gasteiger charge is 2.21. The van der Waals surface area contributed by atoms with Gasteiger partial charge in [0.25, 0.3) is 5.91 Å². The van der Waals surface area contributed by atoms with Gasteiger partial charge in [0.1, 0.15) is 5.82 Å². The van der Waals surface area contributed by atoms with Crippen molar-refractivity contribution < 1.29 is 9.18 Å². The lowest BCUT2D eigenvalue weighted by Crippen LogP contribution is -2.28. The molecule has 1 N–H and O–H groups in total. The van der Waals surface area contributed by atoms with Crippen molar-refractivity contribution in [3.63, 3.8) is 0 Å². The van der Waals surface area contributed by atoms with Gasteiger partial charge >= 0.3 is 0 Å². The third-order valence-corrected chi connectivity index (χ3v) is 3.77. The quantitative estimate of drug-likeness (QED) is 0.875. The molecule has 98 valence electrons. The lowest BCUT2D eigenvalue weighted by atomic mass is 10.1. The average Bonchev–Trinajstić information content (AvgIpc) is 2.75. The van der Waals surface area contributed by atoms with Crippen LogP contribution in [0.3, 0.4) is 0 Å². The Kier molecular flexibility index (Phi) is 4.00. The van der Waals surface area contributed by atoms with E-state index in [1.165, 1.54) is 31.4 Å². The van der Waals surface area contributed by atoms with Gasteiger partial charge < -0.3 is 5.32 Å². The largest absolute Gasteiger partial charge is 0.352 e. The van der Waals surface area contributed by atoms with Gasteiger partial charge in [0, 0.05) is 12.1 Å². The van der Waals surface area contributed by atoms with Crippen molar-refractivity contribution in [1.29, 1.82) is 0 Å². The topological polar surface area (TPSA) is 29.1 Å². The van der Waals surface area contributed by atoms with Crippen LogP contribution in [0.1, 0.15) is 42.1 Å². The number of carbonyl (C=O) groups is 1. The Morgan fingerprint density at radius 3 is 2.83 bits per heavy atom. The fraction of sp³-hybridized carbons (Fsp3) is 0.533. The van der Waals surface area contributed by atoms with Gasteiger partial charge in [-0.1, -0.05) is 13.3 Å². The zero-order valence-corrected chi connectivity index (χ0v) is 11.0. The van der Waals surface area contributed by atoms with Gasteiger partial charge in [-0.15, -0.1) is 0 Å². The van der Waals surface area contributed by atoms with E-state index in [-0.39, 0.29) is 11.7 Å². The first-order valence-electron chi connectivity index (χ1n) is 6.60. The molecule has 0 aromatic heterocycles. The second-order valence-electron chi connectivity index (χ2n) is 5.46. The van der Waals surface area contributed by atoms with Gasteiger partial charge in [0.15, 0.2) is 0 Å². The van der Waals surface area contributed by atoms with Crippen molar-refractivity contribution in [1.82, 2.24) is 5.32 Å². The van der Waals surface area contributed by atoms with Crippen LogP contribution < -0.4 is 5.32 Å². The van der Waals surface area contributed by atoms with Crippen molar-refractivity contribution in [2.24, 2.45) is 11.8 Å². The number of nitrogens with one attached hydrogen (secondary N) is 1. The molecule has 2 rings (SSSR count). The minimum atomic E-state index is -0.267. The van der Waals surface area contributed by atoms with Crippen molar-refractivity contribution in [3.8, 4) is 0 Å². The van der Waals surface area contributed by atoms with Crippen molar-refractivity contribution >= 4 is 5.91 Å². The van der Waals surface area contributed by atoms with Gasteiger partial charge in [0.05, 0.1) is 0 Å². The fourth-order valence-electron chi connectivity index (χ4n) is 2.64. The number of hydrogen-bond donors (Lipinski definition) is 1. The highest BCUT2D eigenvalue weighted by molar-refractivity contribution is 5.94. The second kappa shape index (κ2) is 5.51. The predicted molar refractivity (Wildman–Crippen MR) is 70.0 cm³/mol. The molecule has 1 fully saturated rings. The fourth-order valence-corrected chi connectivity index (χ4v) is 2.64. The van der Waals surface area contributed by atoms with Gasteiger partial charge in [0.2, 0.25) is 0 Å². The van der Waals surface area contributed by atoms with Gasteiger partial charge in [-0.3, -0.25) is 4.79 Å². The maximum atomic E-state index is 13.1. The number of hydrogen-bond acceptors (Lipinski definition) is 1. The molecule has 0 bridgehead atoms. The van der Waals surface area contributed by atoms with E-state index in [2.05, 4.69) is 12.2 Å². The highest BCUT2D eigenvalue weighted by Crippen LogP contribution is 2.29. The smallest absolute Gasteiger partial charge is 0.251 e. The Morgan fingerprint density at radius 1 is 1.44 bits per heavy atom. The van der Waals surface area contributed by atoms with Crippen LogP contribution in [-0.4, -0.2) is 12.5 Å². The molecule has 3 heteroatoms. The molecule has 1 aromatic carbocycles. The monoisotopic (exact) mass is 249 g/mol. The summed E-state index contributed by atoms with van der Waals surface area (Å²) in [5.74, 6) is 1.01. The molecule has 0 radical (unpaired) electrons. The number of carbonyl (C=O) groups excluding carboxylic acids is 1. The van der Waals surface area contributed by atoms with E-state index in [0.717, 1.165) is 12.5 Å². The van der Waals surface area contributed by atoms with Crippen LogP contribution in [0.2, 0.25) is 0 Å². The minimum Gasteiger partial charge on any atom is -0.352 e. The Labute approximate surface area is 108 Å². The zero-order chi connectivity index (χ0) is 13.1. The minimum absolute atomic E-state index is 0.0994. The Hall–Kier alpha value is -1.38. The van der Waals surface area contributed by atoms with Crippen LogP contribution in [0, 0.1) is 24.6 Å². The first kappa shape index (κ1) is 13.1. The molecule has 1 saturated carbocycles.